The van der Waals surface area contributed by atoms with E-state index in [0.717, 1.165) is 19.5 Å². The smallest absolute Gasteiger partial charge is 0.237 e. The molecule has 2 fully saturated rings. The first kappa shape index (κ1) is 12.9. The maximum Gasteiger partial charge on any atom is 0.237 e. The molecule has 1 saturated heterocycles. The number of carbonyl (C=O) groups excluding carboxylic acids is 1. The van der Waals surface area contributed by atoms with Gasteiger partial charge in [-0.15, -0.1) is 0 Å². The van der Waals surface area contributed by atoms with E-state index in [0.29, 0.717) is 11.3 Å². The third-order valence-electron chi connectivity index (χ3n) is 4.48. The number of nitrogens with one attached hydrogen (secondary N) is 2. The summed E-state index contributed by atoms with van der Waals surface area (Å²) < 4.78 is 0. The summed E-state index contributed by atoms with van der Waals surface area (Å²) in [6.07, 6.45) is 7.36. The van der Waals surface area contributed by atoms with Crippen LogP contribution < -0.4 is 10.6 Å². The molecule has 17 heavy (non-hydrogen) atoms. The Morgan fingerprint density at radius 3 is 2.76 bits per heavy atom. The van der Waals surface area contributed by atoms with Crippen molar-refractivity contribution in [1.29, 1.82) is 0 Å². The molecule has 0 bridgehead atoms. The molecule has 0 radical (unpaired) electrons. The SMILES string of the molecule is CC1CCNC(C(=O)NCC2(C)CCCC2)C1. The highest BCUT2D eigenvalue weighted by atomic mass is 16.2. The van der Waals surface area contributed by atoms with E-state index in [1.807, 2.05) is 0 Å². The Morgan fingerprint density at radius 1 is 1.41 bits per heavy atom. The summed E-state index contributed by atoms with van der Waals surface area (Å²) in [5, 5.41) is 6.48. The summed E-state index contributed by atoms with van der Waals surface area (Å²) >= 11 is 0. The molecule has 2 atom stereocenters. The van der Waals surface area contributed by atoms with Crippen LogP contribution in [-0.2, 0) is 4.79 Å². The van der Waals surface area contributed by atoms with Gasteiger partial charge in [0.15, 0.2) is 0 Å². The fraction of sp³-hybridized carbons (Fsp3) is 0.929. The van der Waals surface area contributed by atoms with E-state index in [2.05, 4.69) is 24.5 Å². The van der Waals surface area contributed by atoms with Crippen LogP contribution in [0.2, 0.25) is 0 Å². The molecule has 1 amide bonds. The van der Waals surface area contributed by atoms with Gasteiger partial charge in [-0.25, -0.2) is 0 Å². The van der Waals surface area contributed by atoms with Gasteiger partial charge in [0.1, 0.15) is 0 Å². The van der Waals surface area contributed by atoms with E-state index in [-0.39, 0.29) is 11.9 Å². The lowest BCUT2D eigenvalue weighted by atomic mass is 9.88. The van der Waals surface area contributed by atoms with E-state index in [9.17, 15) is 4.79 Å². The van der Waals surface area contributed by atoms with Gasteiger partial charge in [0.25, 0.3) is 0 Å². The molecular formula is C14H26N2O. The first-order valence-electron chi connectivity index (χ1n) is 7.10. The topological polar surface area (TPSA) is 41.1 Å². The van der Waals surface area contributed by atoms with Crippen molar-refractivity contribution in [2.45, 2.75) is 58.4 Å². The Morgan fingerprint density at radius 2 is 2.12 bits per heavy atom. The van der Waals surface area contributed by atoms with Crippen LogP contribution in [0.5, 0.6) is 0 Å². The highest BCUT2D eigenvalue weighted by Crippen LogP contribution is 2.36. The molecule has 0 spiro atoms. The van der Waals surface area contributed by atoms with Gasteiger partial charge in [-0.2, -0.15) is 0 Å². The minimum atomic E-state index is 0.0451. The molecule has 2 aliphatic rings. The van der Waals surface area contributed by atoms with Gasteiger partial charge < -0.3 is 10.6 Å². The Balaban J connectivity index is 1.76. The van der Waals surface area contributed by atoms with Crippen molar-refractivity contribution in [3.8, 4) is 0 Å². The predicted octanol–water partition coefficient (Wildman–Crippen LogP) is 2.07. The van der Waals surface area contributed by atoms with Crippen molar-refractivity contribution in [3.05, 3.63) is 0 Å². The monoisotopic (exact) mass is 238 g/mol. The second-order valence-electron chi connectivity index (χ2n) is 6.37. The minimum absolute atomic E-state index is 0.0451. The lowest BCUT2D eigenvalue weighted by Crippen LogP contribution is -2.50. The summed E-state index contributed by atoms with van der Waals surface area (Å²) in [7, 11) is 0. The summed E-state index contributed by atoms with van der Waals surface area (Å²) in [4.78, 5) is 12.1. The molecule has 2 rings (SSSR count). The Bertz CT molecular complexity index is 271. The van der Waals surface area contributed by atoms with Crippen molar-refractivity contribution in [2.24, 2.45) is 11.3 Å². The van der Waals surface area contributed by atoms with Crippen molar-refractivity contribution < 1.29 is 4.79 Å². The maximum absolute atomic E-state index is 12.1. The van der Waals surface area contributed by atoms with Crippen LogP contribution in [0.25, 0.3) is 0 Å². The standard InChI is InChI=1S/C14H26N2O/c1-11-5-8-15-12(9-11)13(17)16-10-14(2)6-3-4-7-14/h11-12,15H,3-10H2,1-2H3,(H,16,17). The fourth-order valence-corrected chi connectivity index (χ4v) is 3.14. The van der Waals surface area contributed by atoms with Crippen molar-refractivity contribution in [1.82, 2.24) is 10.6 Å². The number of rotatable bonds is 3. The van der Waals surface area contributed by atoms with E-state index < -0.39 is 0 Å². The minimum Gasteiger partial charge on any atom is -0.354 e. The highest BCUT2D eigenvalue weighted by Gasteiger charge is 2.30. The fourth-order valence-electron chi connectivity index (χ4n) is 3.14. The first-order valence-corrected chi connectivity index (χ1v) is 7.10. The van der Waals surface area contributed by atoms with E-state index in [1.165, 1.54) is 32.1 Å². The third-order valence-corrected chi connectivity index (χ3v) is 4.48. The number of hydrogen-bond acceptors (Lipinski definition) is 2. The number of carbonyl (C=O) groups is 1. The van der Waals surface area contributed by atoms with Crippen LogP contribution in [0.4, 0.5) is 0 Å². The first-order chi connectivity index (χ1) is 8.09. The number of piperidine rings is 1. The molecule has 3 nitrogen and oxygen atoms in total. The molecule has 1 aliphatic heterocycles. The molecule has 0 aromatic heterocycles. The predicted molar refractivity (Wildman–Crippen MR) is 69.8 cm³/mol. The maximum atomic E-state index is 12.1. The molecule has 0 aromatic carbocycles. The highest BCUT2D eigenvalue weighted by molar-refractivity contribution is 5.81. The average molecular weight is 238 g/mol. The van der Waals surface area contributed by atoms with Gasteiger partial charge in [-0.3, -0.25) is 4.79 Å². The van der Waals surface area contributed by atoms with Crippen LogP contribution in [0, 0.1) is 11.3 Å². The average Bonchev–Trinajstić information content (AvgIpc) is 2.74. The largest absolute Gasteiger partial charge is 0.354 e. The summed E-state index contributed by atoms with van der Waals surface area (Å²) in [5.74, 6) is 0.888. The van der Waals surface area contributed by atoms with Crippen molar-refractivity contribution in [3.63, 3.8) is 0 Å². The van der Waals surface area contributed by atoms with E-state index in [1.54, 1.807) is 0 Å². The zero-order valence-electron chi connectivity index (χ0n) is 11.2. The van der Waals surface area contributed by atoms with Gasteiger partial charge >= 0.3 is 0 Å². The Hall–Kier alpha value is -0.570. The van der Waals surface area contributed by atoms with Crippen molar-refractivity contribution >= 4 is 5.91 Å². The summed E-state index contributed by atoms with van der Waals surface area (Å²) in [6, 6.07) is 0.0451. The molecule has 1 aliphatic carbocycles. The summed E-state index contributed by atoms with van der Waals surface area (Å²) in [6.45, 7) is 6.38. The molecular weight excluding hydrogens is 212 g/mol. The molecule has 3 heteroatoms. The van der Waals surface area contributed by atoms with E-state index in [4.69, 9.17) is 0 Å². The molecule has 1 saturated carbocycles. The lowest BCUT2D eigenvalue weighted by Gasteiger charge is -2.29. The molecule has 1 heterocycles. The Kier molecular flexibility index (Phi) is 4.08. The molecule has 2 N–H and O–H groups in total. The van der Waals surface area contributed by atoms with Crippen LogP contribution in [0.1, 0.15) is 52.4 Å². The zero-order valence-corrected chi connectivity index (χ0v) is 11.2. The van der Waals surface area contributed by atoms with Crippen LogP contribution >= 0.6 is 0 Å². The quantitative estimate of drug-likeness (QED) is 0.790. The third kappa shape index (κ3) is 3.44. The molecule has 2 unspecified atom stereocenters. The molecule has 0 aromatic rings. The van der Waals surface area contributed by atoms with Crippen LogP contribution in [0.15, 0.2) is 0 Å². The van der Waals surface area contributed by atoms with Gasteiger partial charge in [0.05, 0.1) is 6.04 Å². The summed E-state index contributed by atoms with van der Waals surface area (Å²) in [5.41, 5.74) is 0.357. The van der Waals surface area contributed by atoms with Gasteiger partial charge in [-0.05, 0) is 43.6 Å². The van der Waals surface area contributed by atoms with Gasteiger partial charge in [0, 0.05) is 6.54 Å². The second-order valence-corrected chi connectivity index (χ2v) is 6.37. The van der Waals surface area contributed by atoms with Crippen LogP contribution in [-0.4, -0.2) is 25.0 Å². The zero-order chi connectivity index (χ0) is 12.3. The Labute approximate surface area is 105 Å². The second kappa shape index (κ2) is 5.38. The normalized spacial score (nSPS) is 32.4. The van der Waals surface area contributed by atoms with E-state index >= 15 is 0 Å². The molecule has 98 valence electrons. The van der Waals surface area contributed by atoms with Gasteiger partial charge in [-0.1, -0.05) is 26.7 Å². The van der Waals surface area contributed by atoms with Gasteiger partial charge in [0.2, 0.25) is 5.91 Å². The van der Waals surface area contributed by atoms with Crippen molar-refractivity contribution in [2.75, 3.05) is 13.1 Å². The lowest BCUT2D eigenvalue weighted by molar-refractivity contribution is -0.124. The van der Waals surface area contributed by atoms with Crippen LogP contribution in [0.3, 0.4) is 0 Å². The number of hydrogen-bond donors (Lipinski definition) is 2. The number of amides is 1.